The van der Waals surface area contributed by atoms with E-state index in [2.05, 4.69) is 4.74 Å². The number of fused-ring (bicyclic) bond motifs is 1. The van der Waals surface area contributed by atoms with Gasteiger partial charge in [-0.05, 0) is 34.9 Å². The molecule has 3 rings (SSSR count). The van der Waals surface area contributed by atoms with Gasteiger partial charge in [-0.15, -0.1) is 13.2 Å². The lowest BCUT2D eigenvalue weighted by atomic mass is 9.89. The predicted molar refractivity (Wildman–Crippen MR) is 105 cm³/mol. The highest BCUT2D eigenvalue weighted by Gasteiger charge is 2.38. The van der Waals surface area contributed by atoms with E-state index < -0.39 is 24.6 Å². The lowest BCUT2D eigenvalue weighted by Gasteiger charge is -2.19. The van der Waals surface area contributed by atoms with Gasteiger partial charge in [0.2, 0.25) is 0 Å². The fourth-order valence-electron chi connectivity index (χ4n) is 3.29. The van der Waals surface area contributed by atoms with Crippen LogP contribution in [0.1, 0.15) is 29.2 Å². The van der Waals surface area contributed by atoms with Gasteiger partial charge < -0.3 is 25.4 Å². The molecule has 0 aromatic heterocycles. The first-order valence-corrected chi connectivity index (χ1v) is 9.51. The van der Waals surface area contributed by atoms with Crippen LogP contribution in [0.15, 0.2) is 30.3 Å². The summed E-state index contributed by atoms with van der Waals surface area (Å²) in [5.41, 5.74) is 9.21. The zero-order valence-corrected chi connectivity index (χ0v) is 17.2. The lowest BCUT2D eigenvalue weighted by Crippen LogP contribution is -2.21. The average Bonchev–Trinajstić information content (AvgIpc) is 3.21. The number of nitrogens with two attached hydrogens (primary N) is 1. The number of aliphatic hydroxyl groups is 1. The fraction of sp³-hybridized carbons (Fsp3) is 0.333. The summed E-state index contributed by atoms with van der Waals surface area (Å²) in [6, 6.07) is 9.15. The Bertz CT molecular complexity index is 1060. The number of aliphatic carboxylic acids is 1. The van der Waals surface area contributed by atoms with E-state index in [9.17, 15) is 31.4 Å². The van der Waals surface area contributed by atoms with Crippen molar-refractivity contribution in [1.82, 2.24) is 0 Å². The monoisotopic (exact) mass is 492 g/mol. The van der Waals surface area contributed by atoms with E-state index in [1.807, 2.05) is 6.07 Å². The number of carboxylic acid groups (broad SMARTS) is 1. The summed E-state index contributed by atoms with van der Waals surface area (Å²) in [6.45, 7) is 0.561. The third-order valence-electron chi connectivity index (χ3n) is 4.59. The van der Waals surface area contributed by atoms with Gasteiger partial charge in [0.1, 0.15) is 11.5 Å². The molecule has 184 valence electrons. The number of aliphatic hydroxyl groups excluding tert-OH is 1. The summed E-state index contributed by atoms with van der Waals surface area (Å²) in [4.78, 5) is 8.90. The van der Waals surface area contributed by atoms with Gasteiger partial charge in [-0.25, -0.2) is 4.79 Å². The first-order chi connectivity index (χ1) is 15.8. The quantitative estimate of drug-likeness (QED) is 0.534. The van der Waals surface area contributed by atoms with Crippen molar-refractivity contribution >= 4 is 5.97 Å². The van der Waals surface area contributed by atoms with Gasteiger partial charge in [0.15, 0.2) is 0 Å². The van der Waals surface area contributed by atoms with Crippen LogP contribution in [0.3, 0.4) is 0 Å². The van der Waals surface area contributed by atoms with Crippen LogP contribution in [0.5, 0.6) is 11.5 Å². The first kappa shape index (κ1) is 26.7. The number of hydrogen-bond acceptors (Lipinski definition) is 6. The highest BCUT2D eigenvalue weighted by Crippen LogP contribution is 2.43. The Morgan fingerprint density at radius 3 is 2.26 bits per heavy atom. The Labute approximate surface area is 188 Å². The molecule has 1 atom stereocenters. The van der Waals surface area contributed by atoms with E-state index in [0.29, 0.717) is 41.0 Å². The van der Waals surface area contributed by atoms with Gasteiger partial charge in [0.05, 0.1) is 25.2 Å². The van der Waals surface area contributed by atoms with Crippen molar-refractivity contribution in [2.45, 2.75) is 38.0 Å². The Hall–Kier alpha value is -3.50. The van der Waals surface area contributed by atoms with Gasteiger partial charge in [-0.1, -0.05) is 12.1 Å². The number of alkyl halides is 6. The van der Waals surface area contributed by atoms with Crippen LogP contribution >= 0.6 is 0 Å². The molecule has 0 aliphatic carbocycles. The average molecular weight is 492 g/mol. The predicted octanol–water partition coefficient (Wildman–Crippen LogP) is 4.23. The van der Waals surface area contributed by atoms with E-state index in [1.165, 1.54) is 24.3 Å². The molecule has 1 aliphatic rings. The highest BCUT2D eigenvalue weighted by molar-refractivity contribution is 5.76. The standard InChI is InChI=1S/C19H17F3N2O3.C2HF3O2/c20-19(21,22)27-13-3-1-11(2-4-13)15-9-12(10-24)17(16(25)5-7-23)14-6-8-26-18(14)15;3-2(4,5)1(6)7/h1-4,9,16,25H,5-6,8,10,24H2;(H,6,7). The minimum atomic E-state index is -5.08. The number of benzene rings is 2. The summed E-state index contributed by atoms with van der Waals surface area (Å²) in [7, 11) is 0. The SMILES string of the molecule is N#CCC(O)c1c(CN)cc(-c2ccc(OC(F)(F)F)cc2)c2c1CCO2.O=C(O)C(F)(F)F. The number of carboxylic acids is 1. The van der Waals surface area contributed by atoms with E-state index in [4.69, 9.17) is 25.6 Å². The molecule has 0 saturated carbocycles. The molecule has 0 bridgehead atoms. The Morgan fingerprint density at radius 2 is 1.79 bits per heavy atom. The number of hydrogen-bond donors (Lipinski definition) is 3. The number of nitrogens with zero attached hydrogens (tertiary/aromatic N) is 1. The molecule has 34 heavy (non-hydrogen) atoms. The van der Waals surface area contributed by atoms with Crippen molar-refractivity contribution in [2.24, 2.45) is 5.73 Å². The van der Waals surface area contributed by atoms with Gasteiger partial charge in [-0.3, -0.25) is 0 Å². The Morgan fingerprint density at radius 1 is 1.21 bits per heavy atom. The van der Waals surface area contributed by atoms with E-state index in [1.54, 1.807) is 6.07 Å². The number of halogens is 6. The van der Waals surface area contributed by atoms with Crippen molar-refractivity contribution in [3.05, 3.63) is 47.0 Å². The van der Waals surface area contributed by atoms with Crippen LogP contribution in [-0.2, 0) is 17.8 Å². The molecule has 1 unspecified atom stereocenters. The van der Waals surface area contributed by atoms with Crippen LogP contribution in [0.25, 0.3) is 11.1 Å². The molecule has 13 heteroatoms. The van der Waals surface area contributed by atoms with Crippen LogP contribution in [-0.4, -0.2) is 35.3 Å². The summed E-state index contributed by atoms with van der Waals surface area (Å²) in [5, 5.41) is 26.4. The maximum Gasteiger partial charge on any atom is 0.573 e. The molecule has 0 amide bonds. The topological polar surface area (TPSA) is 126 Å². The molecule has 0 radical (unpaired) electrons. The van der Waals surface area contributed by atoms with E-state index >= 15 is 0 Å². The zero-order valence-electron chi connectivity index (χ0n) is 17.2. The van der Waals surface area contributed by atoms with Crippen molar-refractivity contribution in [1.29, 1.82) is 5.26 Å². The smallest absolute Gasteiger partial charge is 0.492 e. The molecule has 4 N–H and O–H groups in total. The minimum absolute atomic E-state index is 0.0672. The van der Waals surface area contributed by atoms with E-state index in [0.717, 1.165) is 5.56 Å². The lowest BCUT2D eigenvalue weighted by molar-refractivity contribution is -0.274. The molecular formula is C21H18F6N2O5. The third kappa shape index (κ3) is 6.75. The van der Waals surface area contributed by atoms with Gasteiger partial charge >= 0.3 is 18.5 Å². The summed E-state index contributed by atoms with van der Waals surface area (Å²) >= 11 is 0. The molecule has 0 fully saturated rings. The summed E-state index contributed by atoms with van der Waals surface area (Å²) in [6.07, 6.45) is -10.3. The molecule has 2 aromatic rings. The van der Waals surface area contributed by atoms with Crippen molar-refractivity contribution in [3.63, 3.8) is 0 Å². The second kappa shape index (κ2) is 10.6. The summed E-state index contributed by atoms with van der Waals surface area (Å²) in [5.74, 6) is -2.51. The number of ether oxygens (including phenoxy) is 2. The second-order valence-electron chi connectivity index (χ2n) is 6.86. The molecular weight excluding hydrogens is 474 g/mol. The summed E-state index contributed by atoms with van der Waals surface area (Å²) < 4.78 is 78.3. The number of carbonyl (C=O) groups is 1. The van der Waals surface area contributed by atoms with Gasteiger partial charge in [0, 0.05) is 24.1 Å². The number of nitriles is 1. The first-order valence-electron chi connectivity index (χ1n) is 9.51. The molecule has 2 aromatic carbocycles. The molecule has 0 spiro atoms. The molecule has 7 nitrogen and oxygen atoms in total. The van der Waals surface area contributed by atoms with Crippen LogP contribution in [0.4, 0.5) is 26.3 Å². The van der Waals surface area contributed by atoms with Crippen LogP contribution in [0.2, 0.25) is 0 Å². The molecule has 1 aliphatic heterocycles. The van der Waals surface area contributed by atoms with Gasteiger partial charge in [-0.2, -0.15) is 18.4 Å². The minimum Gasteiger partial charge on any atom is -0.492 e. The van der Waals surface area contributed by atoms with Gasteiger partial charge in [0.25, 0.3) is 0 Å². The zero-order chi connectivity index (χ0) is 25.7. The van der Waals surface area contributed by atoms with Crippen LogP contribution < -0.4 is 15.2 Å². The van der Waals surface area contributed by atoms with Crippen molar-refractivity contribution in [3.8, 4) is 28.7 Å². The normalized spacial score (nSPS) is 13.6. The maximum atomic E-state index is 12.3. The third-order valence-corrected chi connectivity index (χ3v) is 4.59. The fourth-order valence-corrected chi connectivity index (χ4v) is 3.29. The Balaban J connectivity index is 0.000000509. The maximum absolute atomic E-state index is 12.3. The van der Waals surface area contributed by atoms with Crippen molar-refractivity contribution in [2.75, 3.05) is 6.61 Å². The largest absolute Gasteiger partial charge is 0.573 e. The van der Waals surface area contributed by atoms with E-state index in [-0.39, 0.29) is 18.7 Å². The highest BCUT2D eigenvalue weighted by atomic mass is 19.4. The number of rotatable bonds is 5. The second-order valence-corrected chi connectivity index (χ2v) is 6.86. The molecule has 1 heterocycles. The van der Waals surface area contributed by atoms with Crippen molar-refractivity contribution < 1.29 is 50.8 Å². The Kier molecular flexibility index (Phi) is 8.36. The van der Waals surface area contributed by atoms with Crippen LogP contribution in [0, 0.1) is 11.3 Å². The molecule has 0 saturated heterocycles.